The van der Waals surface area contributed by atoms with Gasteiger partial charge >= 0.3 is 6.03 Å². The molecule has 2 amide bonds. The average molecular weight is 312 g/mol. The number of carbonyl (C=O) groups excluding carboxylic acids is 1. The molecule has 1 saturated heterocycles. The number of ether oxygens (including phenoxy) is 2. The maximum atomic E-state index is 11.9. The average Bonchev–Trinajstić information content (AvgIpc) is 3.08. The minimum absolute atomic E-state index is 0.133. The van der Waals surface area contributed by atoms with Crippen LogP contribution in [0.25, 0.3) is 0 Å². The molecule has 1 unspecified atom stereocenters. The molecule has 1 aliphatic heterocycles. The predicted molar refractivity (Wildman–Crippen MR) is 89.0 cm³/mol. The zero-order valence-electron chi connectivity index (χ0n) is 12.8. The molecule has 2 N–H and O–H groups in total. The molecule has 0 radical (unpaired) electrons. The highest BCUT2D eigenvalue weighted by Crippen LogP contribution is 2.23. The summed E-state index contributed by atoms with van der Waals surface area (Å²) in [7, 11) is 0. The first-order valence-electron chi connectivity index (χ1n) is 7.79. The molecule has 2 aromatic rings. The van der Waals surface area contributed by atoms with Crippen LogP contribution in [0.5, 0.6) is 11.5 Å². The summed E-state index contributed by atoms with van der Waals surface area (Å²) in [5, 5.41) is 5.63. The molecule has 5 nitrogen and oxygen atoms in total. The number of nitrogens with one attached hydrogen (secondary N) is 2. The third-order valence-corrected chi connectivity index (χ3v) is 3.59. The normalized spacial score (nSPS) is 16.8. The van der Waals surface area contributed by atoms with Crippen LogP contribution in [0.1, 0.15) is 12.8 Å². The minimum atomic E-state index is -0.239. The highest BCUT2D eigenvalue weighted by Gasteiger charge is 2.16. The first-order valence-corrected chi connectivity index (χ1v) is 7.79. The third kappa shape index (κ3) is 4.72. The van der Waals surface area contributed by atoms with E-state index in [1.165, 1.54) is 0 Å². The lowest BCUT2D eigenvalue weighted by Crippen LogP contribution is -2.35. The van der Waals surface area contributed by atoms with E-state index >= 15 is 0 Å². The summed E-state index contributed by atoms with van der Waals surface area (Å²) in [4.78, 5) is 11.9. The van der Waals surface area contributed by atoms with Gasteiger partial charge in [0.2, 0.25) is 0 Å². The molecule has 1 heterocycles. The lowest BCUT2D eigenvalue weighted by Gasteiger charge is -2.12. The topological polar surface area (TPSA) is 59.6 Å². The Morgan fingerprint density at radius 1 is 1.13 bits per heavy atom. The van der Waals surface area contributed by atoms with Crippen LogP contribution < -0.4 is 15.4 Å². The van der Waals surface area contributed by atoms with Crippen molar-refractivity contribution in [1.29, 1.82) is 0 Å². The van der Waals surface area contributed by atoms with Gasteiger partial charge in [-0.15, -0.1) is 0 Å². The van der Waals surface area contributed by atoms with Crippen LogP contribution in [-0.2, 0) is 4.74 Å². The Morgan fingerprint density at radius 3 is 2.74 bits per heavy atom. The molecule has 1 atom stereocenters. The van der Waals surface area contributed by atoms with Crippen molar-refractivity contribution in [3.05, 3.63) is 54.6 Å². The number of anilines is 1. The van der Waals surface area contributed by atoms with E-state index in [-0.39, 0.29) is 12.1 Å². The maximum Gasteiger partial charge on any atom is 0.319 e. The highest BCUT2D eigenvalue weighted by molar-refractivity contribution is 5.89. The Kier molecular flexibility index (Phi) is 5.11. The standard InChI is InChI=1S/C18H20N2O3/c21-18(19-13-17-10-5-11-22-17)20-14-6-4-9-16(12-14)23-15-7-2-1-3-8-15/h1-4,6-9,12,17H,5,10-11,13H2,(H2,19,20,21). The van der Waals surface area contributed by atoms with Gasteiger partial charge < -0.3 is 20.1 Å². The van der Waals surface area contributed by atoms with Crippen molar-refractivity contribution in [2.45, 2.75) is 18.9 Å². The van der Waals surface area contributed by atoms with Gasteiger partial charge in [-0.1, -0.05) is 24.3 Å². The fourth-order valence-corrected chi connectivity index (χ4v) is 2.45. The van der Waals surface area contributed by atoms with E-state index in [2.05, 4.69) is 10.6 Å². The Bertz CT molecular complexity index is 640. The Balaban J connectivity index is 1.53. The summed E-state index contributed by atoms with van der Waals surface area (Å²) in [6, 6.07) is 16.6. The van der Waals surface area contributed by atoms with Gasteiger partial charge in [-0.2, -0.15) is 0 Å². The largest absolute Gasteiger partial charge is 0.457 e. The number of rotatable bonds is 5. The van der Waals surface area contributed by atoms with Crippen LogP contribution in [0.2, 0.25) is 0 Å². The Hall–Kier alpha value is -2.53. The molecular weight excluding hydrogens is 292 g/mol. The summed E-state index contributed by atoms with van der Waals surface area (Å²) in [6.07, 6.45) is 2.20. The molecule has 1 aliphatic rings. The van der Waals surface area contributed by atoms with Crippen LogP contribution in [0.15, 0.2) is 54.6 Å². The van der Waals surface area contributed by atoms with Crippen LogP contribution in [0.3, 0.4) is 0 Å². The second-order valence-corrected chi connectivity index (χ2v) is 5.41. The van der Waals surface area contributed by atoms with Gasteiger partial charge in [-0.25, -0.2) is 4.79 Å². The Morgan fingerprint density at radius 2 is 1.96 bits per heavy atom. The van der Waals surface area contributed by atoms with Crippen molar-refractivity contribution in [3.63, 3.8) is 0 Å². The van der Waals surface area contributed by atoms with Crippen molar-refractivity contribution >= 4 is 11.7 Å². The number of hydrogen-bond acceptors (Lipinski definition) is 3. The number of hydrogen-bond donors (Lipinski definition) is 2. The number of carbonyl (C=O) groups is 1. The van der Waals surface area contributed by atoms with Crippen molar-refractivity contribution in [2.75, 3.05) is 18.5 Å². The van der Waals surface area contributed by atoms with Crippen LogP contribution in [0, 0.1) is 0 Å². The van der Waals surface area contributed by atoms with Gasteiger partial charge in [0, 0.05) is 24.9 Å². The van der Waals surface area contributed by atoms with E-state index in [4.69, 9.17) is 9.47 Å². The quantitative estimate of drug-likeness (QED) is 0.883. The molecule has 120 valence electrons. The summed E-state index contributed by atoms with van der Waals surface area (Å²) in [6.45, 7) is 1.32. The SMILES string of the molecule is O=C(NCC1CCCO1)Nc1cccc(Oc2ccccc2)c1. The zero-order chi connectivity index (χ0) is 15.9. The van der Waals surface area contributed by atoms with Gasteiger partial charge in [-0.3, -0.25) is 0 Å². The summed E-state index contributed by atoms with van der Waals surface area (Å²) in [5.41, 5.74) is 0.684. The molecule has 0 bridgehead atoms. The third-order valence-electron chi connectivity index (χ3n) is 3.59. The second kappa shape index (κ2) is 7.65. The van der Waals surface area contributed by atoms with E-state index < -0.39 is 0 Å². The molecule has 2 aromatic carbocycles. The predicted octanol–water partition coefficient (Wildman–Crippen LogP) is 3.78. The first kappa shape index (κ1) is 15.4. The van der Waals surface area contributed by atoms with E-state index in [1.807, 2.05) is 48.5 Å². The lowest BCUT2D eigenvalue weighted by atomic mass is 10.2. The molecular formula is C18H20N2O3. The Labute approximate surface area is 135 Å². The molecule has 5 heteroatoms. The number of amides is 2. The molecule has 0 saturated carbocycles. The van der Waals surface area contributed by atoms with Crippen LogP contribution >= 0.6 is 0 Å². The summed E-state index contributed by atoms with van der Waals surface area (Å²) in [5.74, 6) is 1.43. The van der Waals surface area contributed by atoms with E-state index in [9.17, 15) is 4.79 Å². The molecule has 0 spiro atoms. The molecule has 23 heavy (non-hydrogen) atoms. The lowest BCUT2D eigenvalue weighted by molar-refractivity contribution is 0.112. The maximum absolute atomic E-state index is 11.9. The molecule has 1 fully saturated rings. The minimum Gasteiger partial charge on any atom is -0.457 e. The van der Waals surface area contributed by atoms with E-state index in [0.29, 0.717) is 18.0 Å². The van der Waals surface area contributed by atoms with Crippen molar-refractivity contribution < 1.29 is 14.3 Å². The molecule has 3 rings (SSSR count). The van der Waals surface area contributed by atoms with Gasteiger partial charge in [0.1, 0.15) is 11.5 Å². The summed E-state index contributed by atoms with van der Waals surface area (Å²) < 4.78 is 11.2. The van der Waals surface area contributed by atoms with Crippen LogP contribution in [-0.4, -0.2) is 25.3 Å². The van der Waals surface area contributed by atoms with Crippen molar-refractivity contribution in [1.82, 2.24) is 5.32 Å². The smallest absolute Gasteiger partial charge is 0.319 e. The van der Waals surface area contributed by atoms with Crippen molar-refractivity contribution in [2.24, 2.45) is 0 Å². The van der Waals surface area contributed by atoms with Gasteiger partial charge in [0.05, 0.1) is 6.10 Å². The number of para-hydroxylation sites is 1. The van der Waals surface area contributed by atoms with Gasteiger partial charge in [0.15, 0.2) is 0 Å². The number of urea groups is 1. The number of benzene rings is 2. The second-order valence-electron chi connectivity index (χ2n) is 5.41. The molecule has 0 aromatic heterocycles. The monoisotopic (exact) mass is 312 g/mol. The zero-order valence-corrected chi connectivity index (χ0v) is 12.8. The van der Waals surface area contributed by atoms with Crippen LogP contribution in [0.4, 0.5) is 10.5 Å². The fraction of sp³-hybridized carbons (Fsp3) is 0.278. The fourth-order valence-electron chi connectivity index (χ4n) is 2.45. The summed E-state index contributed by atoms with van der Waals surface area (Å²) >= 11 is 0. The van der Waals surface area contributed by atoms with Crippen molar-refractivity contribution in [3.8, 4) is 11.5 Å². The molecule has 0 aliphatic carbocycles. The van der Waals surface area contributed by atoms with E-state index in [0.717, 1.165) is 25.2 Å². The van der Waals surface area contributed by atoms with E-state index in [1.54, 1.807) is 6.07 Å². The first-order chi connectivity index (χ1) is 11.3. The van der Waals surface area contributed by atoms with Gasteiger partial charge in [0.25, 0.3) is 0 Å². The van der Waals surface area contributed by atoms with Gasteiger partial charge in [-0.05, 0) is 37.1 Å². The highest BCUT2D eigenvalue weighted by atomic mass is 16.5.